The van der Waals surface area contributed by atoms with Gasteiger partial charge in [0.2, 0.25) is 5.91 Å². The van der Waals surface area contributed by atoms with E-state index in [-0.39, 0.29) is 11.7 Å². The molecule has 0 saturated heterocycles. The standard InChI is InChI=1S/C13H13ClN2O2/c1-7-10(6-15)12(17)9-4-3-8(14)5-11(9)16(2)13(7)18/h3-7H,15H2,1-2H3. The fourth-order valence-electron chi connectivity index (χ4n) is 2.09. The molecule has 2 N–H and O–H groups in total. The smallest absolute Gasteiger partial charge is 0.234 e. The molecule has 1 unspecified atom stereocenters. The second-order valence-electron chi connectivity index (χ2n) is 4.23. The van der Waals surface area contributed by atoms with Gasteiger partial charge in [0.25, 0.3) is 0 Å². The van der Waals surface area contributed by atoms with Crippen LogP contribution in [0, 0.1) is 5.92 Å². The van der Waals surface area contributed by atoms with Crippen molar-refractivity contribution in [3.8, 4) is 0 Å². The number of carbonyl (C=O) groups is 2. The molecule has 2 rings (SSSR count). The molecule has 0 aliphatic carbocycles. The Balaban J connectivity index is 2.71. The van der Waals surface area contributed by atoms with Crippen molar-refractivity contribution in [3.05, 3.63) is 40.6 Å². The van der Waals surface area contributed by atoms with Gasteiger partial charge in [-0.05, 0) is 25.1 Å². The summed E-state index contributed by atoms with van der Waals surface area (Å²) in [6, 6.07) is 4.85. The summed E-state index contributed by atoms with van der Waals surface area (Å²) in [6.45, 7) is 1.67. The lowest BCUT2D eigenvalue weighted by Gasteiger charge is -2.19. The number of ketones is 1. The first-order valence-electron chi connectivity index (χ1n) is 5.51. The van der Waals surface area contributed by atoms with Crippen LogP contribution in [0.4, 0.5) is 5.69 Å². The summed E-state index contributed by atoms with van der Waals surface area (Å²) in [5.74, 6) is -0.964. The van der Waals surface area contributed by atoms with Crippen molar-refractivity contribution in [2.24, 2.45) is 11.7 Å². The number of rotatable bonds is 0. The molecule has 1 aliphatic heterocycles. The molecule has 0 bridgehead atoms. The van der Waals surface area contributed by atoms with Crippen LogP contribution < -0.4 is 10.6 Å². The van der Waals surface area contributed by atoms with E-state index in [1.165, 1.54) is 11.1 Å². The highest BCUT2D eigenvalue weighted by Crippen LogP contribution is 2.32. The van der Waals surface area contributed by atoms with Crippen LogP contribution in [0.25, 0.3) is 0 Å². The van der Waals surface area contributed by atoms with Crippen molar-refractivity contribution in [1.82, 2.24) is 0 Å². The van der Waals surface area contributed by atoms with E-state index in [0.29, 0.717) is 21.8 Å². The van der Waals surface area contributed by atoms with Gasteiger partial charge in [-0.2, -0.15) is 0 Å². The number of anilines is 1. The normalized spacial score (nSPS) is 22.1. The molecular formula is C13H13ClN2O2. The third-order valence-electron chi connectivity index (χ3n) is 3.18. The van der Waals surface area contributed by atoms with E-state index >= 15 is 0 Å². The average Bonchev–Trinajstić information content (AvgIpc) is 2.42. The zero-order chi connectivity index (χ0) is 13.4. The Bertz CT molecular complexity index is 566. The lowest BCUT2D eigenvalue weighted by atomic mass is 9.95. The van der Waals surface area contributed by atoms with Crippen molar-refractivity contribution in [2.75, 3.05) is 11.9 Å². The molecule has 1 amide bonds. The average molecular weight is 265 g/mol. The van der Waals surface area contributed by atoms with E-state index in [4.69, 9.17) is 17.3 Å². The van der Waals surface area contributed by atoms with Crippen molar-refractivity contribution in [3.63, 3.8) is 0 Å². The molecule has 4 nitrogen and oxygen atoms in total. The van der Waals surface area contributed by atoms with Gasteiger partial charge in [-0.15, -0.1) is 0 Å². The number of hydrogen-bond donors (Lipinski definition) is 1. The van der Waals surface area contributed by atoms with Crippen molar-refractivity contribution < 1.29 is 9.59 Å². The first-order chi connectivity index (χ1) is 8.47. The lowest BCUT2D eigenvalue weighted by molar-refractivity contribution is -0.120. The zero-order valence-electron chi connectivity index (χ0n) is 10.1. The number of Topliss-reactive ketones (excluding diaryl/α,β-unsaturated/α-hetero) is 1. The van der Waals surface area contributed by atoms with Gasteiger partial charge in [0.1, 0.15) is 0 Å². The summed E-state index contributed by atoms with van der Waals surface area (Å²) in [7, 11) is 1.63. The van der Waals surface area contributed by atoms with Gasteiger partial charge >= 0.3 is 0 Å². The van der Waals surface area contributed by atoms with Crippen molar-refractivity contribution >= 4 is 29.0 Å². The number of nitrogens with zero attached hydrogens (tertiary/aromatic N) is 1. The highest BCUT2D eigenvalue weighted by atomic mass is 35.5. The van der Waals surface area contributed by atoms with E-state index < -0.39 is 5.92 Å². The Labute approximate surface area is 110 Å². The van der Waals surface area contributed by atoms with E-state index in [0.717, 1.165) is 0 Å². The fourth-order valence-corrected chi connectivity index (χ4v) is 2.26. The monoisotopic (exact) mass is 264 g/mol. The molecule has 0 fully saturated rings. The molecule has 0 radical (unpaired) electrons. The molecule has 94 valence electrons. The SMILES string of the molecule is CC1C(=O)N(C)c2cc(Cl)ccc2C(=O)C1=CN. The minimum atomic E-state index is -0.557. The number of hydrogen-bond acceptors (Lipinski definition) is 3. The van der Waals surface area contributed by atoms with Gasteiger partial charge in [0, 0.05) is 29.4 Å². The van der Waals surface area contributed by atoms with Crippen molar-refractivity contribution in [2.45, 2.75) is 6.92 Å². The van der Waals surface area contributed by atoms with Crippen LogP contribution in [0.5, 0.6) is 0 Å². The summed E-state index contributed by atoms with van der Waals surface area (Å²) < 4.78 is 0. The number of amides is 1. The summed E-state index contributed by atoms with van der Waals surface area (Å²) in [6.07, 6.45) is 1.21. The molecule has 5 heteroatoms. The predicted molar refractivity (Wildman–Crippen MR) is 70.6 cm³/mol. The van der Waals surface area contributed by atoms with Crippen LogP contribution in [-0.2, 0) is 4.79 Å². The number of carbonyl (C=O) groups excluding carboxylic acids is 2. The first kappa shape index (κ1) is 12.6. The Morgan fingerprint density at radius 2 is 2.06 bits per heavy atom. The molecule has 1 atom stereocenters. The van der Waals surface area contributed by atoms with Gasteiger partial charge in [-0.3, -0.25) is 9.59 Å². The second-order valence-corrected chi connectivity index (χ2v) is 4.67. The Hall–Kier alpha value is -1.81. The molecule has 0 spiro atoms. The molecule has 0 aromatic heterocycles. The molecule has 1 heterocycles. The maximum atomic E-state index is 12.3. The molecule has 1 aliphatic rings. The van der Waals surface area contributed by atoms with E-state index in [2.05, 4.69) is 0 Å². The Kier molecular flexibility index (Phi) is 3.13. The zero-order valence-corrected chi connectivity index (χ0v) is 10.9. The molecule has 0 saturated carbocycles. The van der Waals surface area contributed by atoms with Gasteiger partial charge < -0.3 is 10.6 Å². The van der Waals surface area contributed by atoms with E-state index in [9.17, 15) is 9.59 Å². The summed E-state index contributed by atoms with van der Waals surface area (Å²) in [5, 5.41) is 0.481. The fraction of sp³-hybridized carbons (Fsp3) is 0.231. The van der Waals surface area contributed by atoms with Gasteiger partial charge in [-0.1, -0.05) is 11.6 Å². The third kappa shape index (κ3) is 1.78. The molecule has 1 aromatic carbocycles. The van der Waals surface area contributed by atoms with E-state index in [1.54, 1.807) is 32.2 Å². The number of halogens is 1. The predicted octanol–water partition coefficient (Wildman–Crippen LogP) is 1.98. The second kappa shape index (κ2) is 4.46. The lowest BCUT2D eigenvalue weighted by Crippen LogP contribution is -2.31. The van der Waals surface area contributed by atoms with Crippen molar-refractivity contribution in [1.29, 1.82) is 0 Å². The highest BCUT2D eigenvalue weighted by Gasteiger charge is 2.33. The maximum Gasteiger partial charge on any atom is 0.234 e. The number of benzene rings is 1. The van der Waals surface area contributed by atoms with Gasteiger partial charge in [0.05, 0.1) is 11.6 Å². The van der Waals surface area contributed by atoms with Crippen LogP contribution in [0.15, 0.2) is 30.0 Å². The first-order valence-corrected chi connectivity index (χ1v) is 5.88. The molecule has 18 heavy (non-hydrogen) atoms. The van der Waals surface area contributed by atoms with Crippen LogP contribution in [-0.4, -0.2) is 18.7 Å². The van der Waals surface area contributed by atoms with Crippen LogP contribution >= 0.6 is 11.6 Å². The molecule has 1 aromatic rings. The summed E-state index contributed by atoms with van der Waals surface area (Å²) in [4.78, 5) is 25.9. The van der Waals surface area contributed by atoms with Crippen LogP contribution in [0.1, 0.15) is 17.3 Å². The minimum absolute atomic E-state index is 0.180. The largest absolute Gasteiger partial charge is 0.404 e. The topological polar surface area (TPSA) is 63.4 Å². The highest BCUT2D eigenvalue weighted by molar-refractivity contribution is 6.31. The van der Waals surface area contributed by atoms with Gasteiger partial charge in [0.15, 0.2) is 5.78 Å². The number of fused-ring (bicyclic) bond motifs is 1. The third-order valence-corrected chi connectivity index (χ3v) is 3.41. The quantitative estimate of drug-likeness (QED) is 0.729. The Morgan fingerprint density at radius 3 is 2.67 bits per heavy atom. The number of nitrogens with two attached hydrogens (primary N) is 1. The Morgan fingerprint density at radius 1 is 1.39 bits per heavy atom. The minimum Gasteiger partial charge on any atom is -0.404 e. The maximum absolute atomic E-state index is 12.3. The summed E-state index contributed by atoms with van der Waals surface area (Å²) in [5.41, 5.74) is 6.74. The van der Waals surface area contributed by atoms with E-state index in [1.807, 2.05) is 0 Å². The van der Waals surface area contributed by atoms with Crippen LogP contribution in [0.3, 0.4) is 0 Å². The summed E-state index contributed by atoms with van der Waals surface area (Å²) >= 11 is 5.91. The van der Waals surface area contributed by atoms with Gasteiger partial charge in [-0.25, -0.2) is 0 Å². The molecular weight excluding hydrogens is 252 g/mol. The van der Waals surface area contributed by atoms with Crippen LogP contribution in [0.2, 0.25) is 5.02 Å².